The van der Waals surface area contributed by atoms with E-state index in [1.165, 1.54) is 0 Å². The Morgan fingerprint density at radius 1 is 0.800 bits per heavy atom. The van der Waals surface area contributed by atoms with Crippen molar-refractivity contribution in [3.05, 3.63) is 15.3 Å². The molecule has 0 fully saturated rings. The summed E-state index contributed by atoms with van der Waals surface area (Å²) in [5.74, 6) is 0. The van der Waals surface area contributed by atoms with E-state index in [0.29, 0.717) is 0 Å². The van der Waals surface area contributed by atoms with Crippen molar-refractivity contribution >= 4 is 0 Å². The second-order valence-electron chi connectivity index (χ2n) is 0.224. The van der Waals surface area contributed by atoms with Crippen molar-refractivity contribution in [3.8, 4) is 0 Å². The summed E-state index contributed by atoms with van der Waals surface area (Å²) < 4.78 is 0. The summed E-state index contributed by atoms with van der Waals surface area (Å²) in [5, 5.41) is 14.8. The second-order valence-corrected chi connectivity index (χ2v) is 0.224. The maximum atomic E-state index is 8.25. The van der Waals surface area contributed by atoms with Crippen LogP contribution in [-0.2, 0) is 0 Å². The first-order valence-corrected chi connectivity index (χ1v) is 0.548. The van der Waals surface area contributed by atoms with Gasteiger partial charge in [-0.05, 0) is 0 Å². The van der Waals surface area contributed by atoms with Crippen LogP contribution in [-0.4, -0.2) is 32.5 Å². The monoisotopic (exact) mass is 175 g/mol. The van der Waals surface area contributed by atoms with Crippen LogP contribution in [0.4, 0.5) is 0 Å². The van der Waals surface area contributed by atoms with E-state index in [1.54, 1.807) is 0 Å². The molecule has 0 heterocycles. The molecule has 0 saturated heterocycles. The first-order valence-electron chi connectivity index (χ1n) is 0.548. The molecule has 64 valence electrons. The third kappa shape index (κ3) is 0. The minimum Gasteiger partial charge on any atom is -0.412 e. The normalized spacial score (nSPS) is 2.40. The minimum atomic E-state index is -1.75. The van der Waals surface area contributed by atoms with Gasteiger partial charge in [0.15, 0.2) is 0 Å². The van der Waals surface area contributed by atoms with Crippen LogP contribution in [0, 0.1) is 15.3 Å². The van der Waals surface area contributed by atoms with Crippen LogP contribution in [0.15, 0.2) is 0 Å². The zero-order chi connectivity index (χ0) is 3.58. The van der Waals surface area contributed by atoms with Gasteiger partial charge in [-0.15, -0.1) is 0 Å². The number of nitrogens with zero attached hydrogens (tertiary/aromatic N) is 1. The van der Waals surface area contributed by atoms with Gasteiger partial charge in [0.05, 0.1) is 5.09 Å². The van der Waals surface area contributed by atoms with Gasteiger partial charge in [0.1, 0.15) is 0 Å². The molecule has 0 aromatic carbocycles. The molecule has 0 atom stereocenters. The van der Waals surface area contributed by atoms with Crippen LogP contribution in [0.1, 0.15) is 0 Å². The van der Waals surface area contributed by atoms with Crippen LogP contribution >= 0.6 is 0 Å². The van der Waals surface area contributed by atoms with Gasteiger partial charge in [-0.2, -0.15) is 0 Å². The molecule has 0 aromatic heterocycles. The Labute approximate surface area is 77.6 Å². The van der Waals surface area contributed by atoms with E-state index in [4.69, 9.17) is 15.3 Å². The van der Waals surface area contributed by atoms with Gasteiger partial charge >= 0.3 is 29.6 Å². The summed E-state index contributed by atoms with van der Waals surface area (Å²) in [4.78, 5) is 8.25. The van der Waals surface area contributed by atoms with E-state index in [9.17, 15) is 0 Å². The van der Waals surface area contributed by atoms with Gasteiger partial charge in [-0.1, -0.05) is 0 Å². The molecule has 10 heteroatoms. The average molecular weight is 175 g/mol. The molecule has 10 N–H and O–H groups in total. The Hall–Kier alpha value is 0. The Bertz CT molecular complexity index is 32.2. The van der Waals surface area contributed by atoms with E-state index in [2.05, 4.69) is 0 Å². The standard InChI is InChI=1S/NO3.Na.5H2O/c2-1(3)4;;;;;;/h;;5*1H2/q-1;+1;;;;;. The summed E-state index contributed by atoms with van der Waals surface area (Å²) in [6, 6.07) is 0. The third-order valence-electron chi connectivity index (χ3n) is 0. The second kappa shape index (κ2) is 64.0. The Morgan fingerprint density at radius 2 is 0.800 bits per heavy atom. The van der Waals surface area contributed by atoms with Gasteiger partial charge in [0, 0.05) is 0 Å². The Kier molecular flexibility index (Phi) is 576. The van der Waals surface area contributed by atoms with E-state index in [0.717, 1.165) is 0 Å². The molecule has 0 spiro atoms. The van der Waals surface area contributed by atoms with Crippen LogP contribution in [0.2, 0.25) is 0 Å². The Balaban J connectivity index is -0.00000000300. The zero-order valence-electron chi connectivity index (χ0n) is 5.17. The first kappa shape index (κ1) is 90.0. The van der Waals surface area contributed by atoms with Gasteiger partial charge in [-0.3, -0.25) is 0 Å². The van der Waals surface area contributed by atoms with Crippen molar-refractivity contribution in [2.75, 3.05) is 0 Å². The average Bonchev–Trinajstić information content (AvgIpc) is 0.811. The predicted molar refractivity (Wildman–Crippen MR) is 28.4 cm³/mol. The third-order valence-corrected chi connectivity index (χ3v) is 0. The molecule has 0 bridgehead atoms. The molecule has 0 radical (unpaired) electrons. The van der Waals surface area contributed by atoms with E-state index in [-0.39, 0.29) is 56.9 Å². The van der Waals surface area contributed by atoms with Crippen molar-refractivity contribution in [2.24, 2.45) is 0 Å². The van der Waals surface area contributed by atoms with Crippen LogP contribution < -0.4 is 29.6 Å². The van der Waals surface area contributed by atoms with Gasteiger partial charge in [0.2, 0.25) is 0 Å². The van der Waals surface area contributed by atoms with Gasteiger partial charge < -0.3 is 42.7 Å². The van der Waals surface area contributed by atoms with Crippen molar-refractivity contribution in [1.82, 2.24) is 0 Å². The fraction of sp³-hybridized carbons (Fsp3) is 0. The molecule has 0 unspecified atom stereocenters. The summed E-state index contributed by atoms with van der Waals surface area (Å²) in [6.07, 6.45) is 0. The fourth-order valence-corrected chi connectivity index (χ4v) is 0. The molecule has 0 aliphatic rings. The van der Waals surface area contributed by atoms with Crippen LogP contribution in [0.5, 0.6) is 0 Å². The number of hydrogen-bond donors (Lipinski definition) is 0. The molecular formula is H10NNaO8. The maximum Gasteiger partial charge on any atom is 1.00 e. The van der Waals surface area contributed by atoms with Crippen LogP contribution in [0.3, 0.4) is 0 Å². The fourth-order valence-electron chi connectivity index (χ4n) is 0. The van der Waals surface area contributed by atoms with Crippen molar-refractivity contribution in [1.29, 1.82) is 0 Å². The number of rotatable bonds is 0. The number of hydrogen-bond acceptors (Lipinski definition) is 3. The smallest absolute Gasteiger partial charge is 0.412 e. The molecule has 0 aliphatic carbocycles. The van der Waals surface area contributed by atoms with Crippen molar-refractivity contribution in [3.63, 3.8) is 0 Å². The molecule has 0 aromatic rings. The quantitative estimate of drug-likeness (QED) is 0.198. The molecule has 9 nitrogen and oxygen atoms in total. The van der Waals surface area contributed by atoms with Gasteiger partial charge in [-0.25, -0.2) is 0 Å². The summed E-state index contributed by atoms with van der Waals surface area (Å²) in [7, 11) is 0. The van der Waals surface area contributed by atoms with Gasteiger partial charge in [0.25, 0.3) is 0 Å². The van der Waals surface area contributed by atoms with E-state index < -0.39 is 5.09 Å². The summed E-state index contributed by atoms with van der Waals surface area (Å²) in [6.45, 7) is 0. The maximum absolute atomic E-state index is 8.25. The predicted octanol–water partition coefficient (Wildman–Crippen LogP) is -7.36. The van der Waals surface area contributed by atoms with Crippen LogP contribution in [0.25, 0.3) is 0 Å². The molecule has 0 amide bonds. The minimum absolute atomic E-state index is 0. The molecular weight excluding hydrogens is 165 g/mol. The summed E-state index contributed by atoms with van der Waals surface area (Å²) in [5.41, 5.74) is 0. The first-order chi connectivity index (χ1) is 1.73. The van der Waals surface area contributed by atoms with Crippen molar-refractivity contribution in [2.45, 2.75) is 0 Å². The van der Waals surface area contributed by atoms with Crippen molar-refractivity contribution < 1.29 is 62.0 Å². The van der Waals surface area contributed by atoms with E-state index in [1.807, 2.05) is 0 Å². The Morgan fingerprint density at radius 3 is 0.800 bits per heavy atom. The molecule has 0 aliphatic heterocycles. The molecule has 10 heavy (non-hydrogen) atoms. The zero-order valence-corrected chi connectivity index (χ0v) is 7.17. The molecule has 0 rings (SSSR count). The topological polar surface area (TPSA) is 224 Å². The largest absolute Gasteiger partial charge is 1.00 e. The van der Waals surface area contributed by atoms with E-state index >= 15 is 0 Å². The summed E-state index contributed by atoms with van der Waals surface area (Å²) >= 11 is 0. The SMILES string of the molecule is O.O.O.O.O.O=[N+]([O-])[O-].[Na+]. The molecule has 0 saturated carbocycles.